The molecule has 4 unspecified atom stereocenters. The predicted octanol–water partition coefficient (Wildman–Crippen LogP) is 16.6. The summed E-state index contributed by atoms with van der Waals surface area (Å²) in [5.74, 6) is 0.533. The highest BCUT2D eigenvalue weighted by Crippen LogP contribution is 2.67. The van der Waals surface area contributed by atoms with Crippen LogP contribution in [0, 0.1) is 12.3 Å². The number of nitrogens with zero attached hydrogens (tertiary/aromatic N) is 1. The summed E-state index contributed by atoms with van der Waals surface area (Å²) >= 11 is 1.92. The standard InChI is InChI=1S/C68H66BNS/c1-42-36-53-63-62-54(67(8)34-15-16-35-68(63,67)9)21-17-22-56(62)69-55-32-24-43(39-58(55)70(59(37-42)64(53)69)57-33-30-48(66(5,6)7)41-52(57)44-18-11-10-12-19-44)38-51(45-25-28-47(29-26-45)65(2,3)4)46-27-31-50-49-20-13-14-23-60(49)71-61(50)40-46/h10-14,17-33,36-37,39-41,51,63H,15-16,34-35,38H2,1-9H3. The van der Waals surface area contributed by atoms with Crippen molar-refractivity contribution in [2.75, 3.05) is 4.90 Å². The average molecular weight is 940 g/mol. The summed E-state index contributed by atoms with van der Waals surface area (Å²) in [6, 6.07) is 64.6. The van der Waals surface area contributed by atoms with Crippen LogP contribution in [0.4, 0.5) is 17.1 Å². The zero-order valence-electron chi connectivity index (χ0n) is 43.2. The fourth-order valence-electron chi connectivity index (χ4n) is 14.3. The number of rotatable bonds is 6. The molecule has 0 N–H and O–H groups in total. The first-order valence-corrected chi connectivity index (χ1v) is 27.3. The van der Waals surface area contributed by atoms with Crippen LogP contribution in [0.1, 0.15) is 143 Å². The lowest BCUT2D eigenvalue weighted by molar-refractivity contribution is 0.0926. The Morgan fingerprint density at radius 3 is 2.11 bits per heavy atom. The first-order valence-electron chi connectivity index (χ1n) is 26.5. The molecule has 4 atom stereocenters. The Morgan fingerprint density at radius 2 is 1.32 bits per heavy atom. The van der Waals surface area contributed by atoms with Crippen LogP contribution in [0.3, 0.4) is 0 Å². The van der Waals surface area contributed by atoms with E-state index in [4.69, 9.17) is 0 Å². The molecular weight excluding hydrogens is 874 g/mol. The second-order valence-corrected chi connectivity index (χ2v) is 25.6. The lowest BCUT2D eigenvalue weighted by Crippen LogP contribution is -2.62. The maximum atomic E-state index is 2.72. The van der Waals surface area contributed by atoms with Gasteiger partial charge in [0.25, 0.3) is 0 Å². The minimum atomic E-state index is -0.00639. The van der Waals surface area contributed by atoms with Crippen molar-refractivity contribution < 1.29 is 0 Å². The summed E-state index contributed by atoms with van der Waals surface area (Å²) in [5, 5.41) is 2.70. The van der Waals surface area contributed by atoms with Crippen LogP contribution < -0.4 is 21.3 Å². The molecule has 0 bridgehead atoms. The zero-order valence-corrected chi connectivity index (χ0v) is 44.0. The van der Waals surface area contributed by atoms with Gasteiger partial charge in [-0.25, -0.2) is 0 Å². The van der Waals surface area contributed by atoms with E-state index in [0.717, 1.165) is 6.42 Å². The summed E-state index contributed by atoms with van der Waals surface area (Å²) < 4.78 is 2.71. The SMILES string of the molecule is Cc1cc2c3c(c1)N(c1ccc(C(C)(C)C)cc1-c1ccccc1)c1cc(CC(c4ccc(C(C)(C)C)cc4)c4ccc5c(c4)sc4ccccc45)ccc1B3c1cccc3c1C2C1(C)CCCCC31C. The van der Waals surface area contributed by atoms with Crippen LogP contribution >= 0.6 is 11.3 Å². The Bertz CT molecular complexity index is 3600. The molecule has 1 nitrogen and oxygen atoms in total. The van der Waals surface area contributed by atoms with E-state index >= 15 is 0 Å². The van der Waals surface area contributed by atoms with Crippen molar-refractivity contribution in [2.24, 2.45) is 5.41 Å². The molecule has 0 amide bonds. The van der Waals surface area contributed by atoms with E-state index in [1.165, 1.54) is 124 Å². The van der Waals surface area contributed by atoms with Gasteiger partial charge in [-0.2, -0.15) is 0 Å². The van der Waals surface area contributed by atoms with Gasteiger partial charge >= 0.3 is 0 Å². The number of hydrogen-bond donors (Lipinski definition) is 0. The van der Waals surface area contributed by atoms with Gasteiger partial charge in [0.1, 0.15) is 0 Å². The lowest BCUT2D eigenvalue weighted by Gasteiger charge is -2.51. The number of anilines is 3. The lowest BCUT2D eigenvalue weighted by atomic mass is 9.30. The minimum absolute atomic E-state index is 0.00639. The van der Waals surface area contributed by atoms with E-state index < -0.39 is 0 Å². The van der Waals surface area contributed by atoms with Gasteiger partial charge in [0.15, 0.2) is 0 Å². The Morgan fingerprint density at radius 1 is 0.606 bits per heavy atom. The molecule has 3 heterocycles. The Hall–Kier alpha value is -6.16. The zero-order chi connectivity index (χ0) is 48.8. The van der Waals surface area contributed by atoms with Gasteiger partial charge in [0.05, 0.1) is 5.69 Å². The molecule has 3 heteroatoms. The largest absolute Gasteiger partial charge is 0.311 e. The maximum Gasteiger partial charge on any atom is 0.247 e. The third-order valence-corrected chi connectivity index (χ3v) is 19.4. The van der Waals surface area contributed by atoms with Gasteiger partial charge in [-0.15, -0.1) is 11.3 Å². The summed E-state index contributed by atoms with van der Waals surface area (Å²) in [6.45, 7) is 21.8. The monoisotopic (exact) mass is 940 g/mol. The maximum absolute atomic E-state index is 2.72. The van der Waals surface area contributed by atoms with Crippen molar-refractivity contribution in [3.63, 3.8) is 0 Å². The number of thiophene rings is 1. The summed E-state index contributed by atoms with van der Waals surface area (Å²) in [4.78, 5) is 2.72. The fraction of sp³-hybridized carbons (Fsp3) is 0.294. The van der Waals surface area contributed by atoms with Crippen LogP contribution in [-0.4, -0.2) is 6.71 Å². The third-order valence-electron chi connectivity index (χ3n) is 18.3. The van der Waals surface area contributed by atoms with E-state index in [2.05, 4.69) is 231 Å². The molecule has 1 saturated carbocycles. The summed E-state index contributed by atoms with van der Waals surface area (Å²) in [7, 11) is 0. The first-order chi connectivity index (χ1) is 34.1. The molecule has 0 spiro atoms. The normalized spacial score (nSPS) is 20.4. The third kappa shape index (κ3) is 6.78. The van der Waals surface area contributed by atoms with Gasteiger partial charge in [-0.3, -0.25) is 0 Å². The van der Waals surface area contributed by atoms with Gasteiger partial charge in [0.2, 0.25) is 6.71 Å². The Labute approximate surface area is 427 Å². The molecule has 9 aromatic rings. The smallest absolute Gasteiger partial charge is 0.247 e. The molecule has 13 rings (SSSR count). The van der Waals surface area contributed by atoms with Gasteiger partial charge in [-0.1, -0.05) is 201 Å². The second kappa shape index (κ2) is 15.9. The molecule has 352 valence electrons. The van der Waals surface area contributed by atoms with Gasteiger partial charge in [-0.05, 0) is 151 Å². The Kier molecular flexibility index (Phi) is 10.0. The van der Waals surface area contributed by atoms with E-state index in [1.54, 1.807) is 16.7 Å². The molecule has 0 radical (unpaired) electrons. The molecule has 1 fully saturated rings. The van der Waals surface area contributed by atoms with Crippen LogP contribution in [-0.2, 0) is 22.7 Å². The molecule has 71 heavy (non-hydrogen) atoms. The summed E-state index contributed by atoms with van der Waals surface area (Å²) in [6.07, 6.45) is 6.03. The van der Waals surface area contributed by atoms with E-state index in [-0.39, 0.29) is 34.3 Å². The van der Waals surface area contributed by atoms with Crippen molar-refractivity contribution in [3.05, 3.63) is 214 Å². The van der Waals surface area contributed by atoms with Gasteiger partial charge < -0.3 is 4.90 Å². The van der Waals surface area contributed by atoms with E-state index in [9.17, 15) is 0 Å². The number of aryl methyl sites for hydroxylation is 1. The molecule has 4 aliphatic rings. The van der Waals surface area contributed by atoms with Crippen molar-refractivity contribution >= 4 is 71.7 Å². The number of hydrogen-bond acceptors (Lipinski definition) is 2. The van der Waals surface area contributed by atoms with Crippen molar-refractivity contribution in [1.82, 2.24) is 0 Å². The van der Waals surface area contributed by atoms with Crippen LogP contribution in [0.5, 0.6) is 0 Å². The van der Waals surface area contributed by atoms with E-state index in [1.807, 2.05) is 11.3 Å². The first kappa shape index (κ1) is 44.8. The van der Waals surface area contributed by atoms with Crippen LogP contribution in [0.2, 0.25) is 0 Å². The predicted molar refractivity (Wildman–Crippen MR) is 307 cm³/mol. The topological polar surface area (TPSA) is 3.24 Å². The van der Waals surface area contributed by atoms with Gasteiger partial charge in [0, 0.05) is 48.9 Å². The fourth-order valence-corrected chi connectivity index (χ4v) is 15.5. The molecule has 0 saturated heterocycles. The number of benzene rings is 8. The van der Waals surface area contributed by atoms with Crippen molar-refractivity contribution in [2.45, 2.75) is 122 Å². The molecule has 2 aliphatic heterocycles. The molecule has 1 aromatic heterocycles. The molecule has 2 aliphatic carbocycles. The van der Waals surface area contributed by atoms with Crippen LogP contribution in [0.15, 0.2) is 164 Å². The van der Waals surface area contributed by atoms with Crippen molar-refractivity contribution in [1.29, 1.82) is 0 Å². The van der Waals surface area contributed by atoms with E-state index in [0.29, 0.717) is 5.92 Å². The highest BCUT2D eigenvalue weighted by molar-refractivity contribution is 7.25. The van der Waals surface area contributed by atoms with Crippen LogP contribution in [0.25, 0.3) is 31.3 Å². The summed E-state index contributed by atoms with van der Waals surface area (Å²) in [5.41, 5.74) is 24.3. The van der Waals surface area contributed by atoms with Crippen molar-refractivity contribution in [3.8, 4) is 11.1 Å². The molecular formula is C68H66BNS. The number of fused-ring (bicyclic) bond motifs is 10. The second-order valence-electron chi connectivity index (χ2n) is 24.5. The minimum Gasteiger partial charge on any atom is -0.311 e. The quantitative estimate of drug-likeness (QED) is 0.150. The average Bonchev–Trinajstić information content (AvgIpc) is 3.84. The highest BCUT2D eigenvalue weighted by atomic mass is 32.1. The molecule has 8 aromatic carbocycles. The highest BCUT2D eigenvalue weighted by Gasteiger charge is 2.62. The Balaban J connectivity index is 1.05.